The average Bonchev–Trinajstić information content (AvgIpc) is 3.19. The summed E-state index contributed by atoms with van der Waals surface area (Å²) in [6.45, 7) is 5.20. The van der Waals surface area contributed by atoms with Gasteiger partial charge < -0.3 is 14.2 Å². The van der Waals surface area contributed by atoms with E-state index in [0.717, 1.165) is 9.21 Å². The third-order valence-corrected chi connectivity index (χ3v) is 7.52. The number of cyclic esters (lactones) is 1. The molecule has 0 aromatic heterocycles. The fraction of sp³-hybridized carbons (Fsp3) is 0.385. The van der Waals surface area contributed by atoms with Gasteiger partial charge in [0.05, 0.1) is 48.3 Å². The van der Waals surface area contributed by atoms with Crippen LogP contribution in [0.4, 0.5) is 10.5 Å². The molecule has 1 atom stereocenters. The van der Waals surface area contributed by atoms with Gasteiger partial charge in [-0.05, 0) is 41.3 Å². The molecule has 4 rings (SSSR count). The number of hydrogen-bond acceptors (Lipinski definition) is 9. The second-order valence-corrected chi connectivity index (χ2v) is 12.0. The topological polar surface area (TPSA) is 143 Å². The second-order valence-electron chi connectivity index (χ2n) is 10.2. The van der Waals surface area contributed by atoms with Gasteiger partial charge in [0.2, 0.25) is 0 Å². The number of rotatable bonds is 7. The molecule has 1 saturated heterocycles. The molecule has 0 unspecified atom stereocenters. The molecule has 200 valence electrons. The molecule has 12 heteroatoms. The first-order valence-corrected chi connectivity index (χ1v) is 13.3. The van der Waals surface area contributed by atoms with Crippen LogP contribution in [0.3, 0.4) is 0 Å². The first-order valence-electron chi connectivity index (χ1n) is 11.8. The van der Waals surface area contributed by atoms with E-state index >= 15 is 0 Å². The van der Waals surface area contributed by atoms with E-state index in [9.17, 15) is 28.1 Å². The van der Waals surface area contributed by atoms with Crippen LogP contribution in [0.5, 0.6) is 5.75 Å². The van der Waals surface area contributed by atoms with Crippen molar-refractivity contribution in [3.05, 3.63) is 53.6 Å². The molecule has 2 heterocycles. The molecule has 2 aromatic rings. The van der Waals surface area contributed by atoms with Crippen LogP contribution in [0.1, 0.15) is 31.9 Å². The normalized spacial score (nSPS) is 17.4. The van der Waals surface area contributed by atoms with Crippen LogP contribution in [-0.2, 0) is 35.5 Å². The highest BCUT2D eigenvalue weighted by molar-refractivity contribution is 7.92. The van der Waals surface area contributed by atoms with Gasteiger partial charge in [-0.25, -0.2) is 18.1 Å². The van der Waals surface area contributed by atoms with Crippen LogP contribution in [-0.4, -0.2) is 63.7 Å². The molecule has 0 N–H and O–H groups in total. The van der Waals surface area contributed by atoms with Crippen molar-refractivity contribution >= 4 is 33.7 Å². The number of imide groups is 1. The summed E-state index contributed by atoms with van der Waals surface area (Å²) in [5, 5.41) is 9.26. The van der Waals surface area contributed by atoms with Crippen molar-refractivity contribution in [3.63, 3.8) is 0 Å². The Hall–Kier alpha value is -4.11. The standard InChI is InChI=1S/C26H27N3O8S/c1-26(2,3)16-36-24(31)11-17-7-8-22-21(10-17)29(38(33,34)20-6-4-5-18(9-20)12-27)14-19(37-22)13-28-23(30)15-35-25(28)32/h4-10,19H,11,13-16H2,1-3H3/t19-/m0/s1. The van der Waals surface area contributed by atoms with Gasteiger partial charge in [-0.3, -0.25) is 13.9 Å². The Kier molecular flexibility index (Phi) is 7.33. The average molecular weight is 542 g/mol. The first-order chi connectivity index (χ1) is 17.9. The van der Waals surface area contributed by atoms with Crippen molar-refractivity contribution in [3.8, 4) is 11.8 Å². The number of sulfonamides is 1. The Morgan fingerprint density at radius 2 is 1.95 bits per heavy atom. The number of amides is 2. The lowest BCUT2D eigenvalue weighted by atomic mass is 9.99. The van der Waals surface area contributed by atoms with E-state index in [2.05, 4.69) is 0 Å². The fourth-order valence-corrected chi connectivity index (χ4v) is 5.46. The van der Waals surface area contributed by atoms with E-state index in [0.29, 0.717) is 5.56 Å². The highest BCUT2D eigenvalue weighted by atomic mass is 32.2. The number of esters is 1. The van der Waals surface area contributed by atoms with E-state index in [1.807, 2.05) is 26.8 Å². The van der Waals surface area contributed by atoms with Crippen LogP contribution < -0.4 is 9.04 Å². The van der Waals surface area contributed by atoms with Crippen LogP contribution in [0.25, 0.3) is 0 Å². The van der Waals surface area contributed by atoms with Gasteiger partial charge in [0.15, 0.2) is 6.61 Å². The van der Waals surface area contributed by atoms with Crippen molar-refractivity contribution < 1.29 is 37.0 Å². The smallest absolute Gasteiger partial charge is 0.417 e. The number of anilines is 1. The number of carbonyl (C=O) groups excluding carboxylic acids is 3. The van der Waals surface area contributed by atoms with Crippen LogP contribution in [0.15, 0.2) is 47.4 Å². The molecule has 0 spiro atoms. The SMILES string of the molecule is CC(C)(C)COC(=O)Cc1ccc2c(c1)N(S(=O)(=O)c1cccc(C#N)c1)C[C@H](CN1C(=O)COC1=O)O2. The van der Waals surface area contributed by atoms with E-state index < -0.39 is 34.1 Å². The summed E-state index contributed by atoms with van der Waals surface area (Å²) >= 11 is 0. The molecule has 38 heavy (non-hydrogen) atoms. The third-order valence-electron chi connectivity index (χ3n) is 5.75. The molecular weight excluding hydrogens is 514 g/mol. The predicted molar refractivity (Wildman–Crippen MR) is 134 cm³/mol. The highest BCUT2D eigenvalue weighted by Crippen LogP contribution is 2.38. The minimum atomic E-state index is -4.21. The second kappa shape index (κ2) is 10.3. The largest absolute Gasteiger partial charge is 0.484 e. The lowest BCUT2D eigenvalue weighted by Crippen LogP contribution is -2.49. The van der Waals surface area contributed by atoms with E-state index in [-0.39, 0.29) is 60.0 Å². The third kappa shape index (κ3) is 5.89. The summed E-state index contributed by atoms with van der Waals surface area (Å²) in [5.41, 5.74) is 0.645. The Balaban J connectivity index is 1.68. The maximum atomic E-state index is 13.8. The highest BCUT2D eigenvalue weighted by Gasteiger charge is 2.39. The van der Waals surface area contributed by atoms with E-state index in [1.54, 1.807) is 6.07 Å². The molecule has 11 nitrogen and oxygen atoms in total. The van der Waals surface area contributed by atoms with Crippen molar-refractivity contribution in [1.82, 2.24) is 4.90 Å². The molecule has 2 aliphatic heterocycles. The summed E-state index contributed by atoms with van der Waals surface area (Å²) in [6.07, 6.45) is -1.81. The van der Waals surface area contributed by atoms with Crippen LogP contribution in [0, 0.1) is 16.7 Å². The van der Waals surface area contributed by atoms with E-state index in [1.165, 1.54) is 36.4 Å². The van der Waals surface area contributed by atoms with Crippen molar-refractivity contribution in [2.75, 3.05) is 30.6 Å². The number of ether oxygens (including phenoxy) is 3. The molecular formula is C26H27N3O8S. The van der Waals surface area contributed by atoms with Gasteiger partial charge >= 0.3 is 12.1 Å². The quantitative estimate of drug-likeness (QED) is 0.483. The maximum Gasteiger partial charge on any atom is 0.417 e. The van der Waals surface area contributed by atoms with Gasteiger partial charge in [-0.2, -0.15) is 5.26 Å². The zero-order chi connectivity index (χ0) is 27.7. The zero-order valence-electron chi connectivity index (χ0n) is 21.2. The molecule has 1 fully saturated rings. The molecule has 2 amide bonds. The number of hydrogen-bond donors (Lipinski definition) is 0. The number of carbonyl (C=O) groups is 3. The van der Waals surface area contributed by atoms with E-state index in [4.69, 9.17) is 14.2 Å². The van der Waals surface area contributed by atoms with Gasteiger partial charge in [0, 0.05) is 0 Å². The van der Waals surface area contributed by atoms with Gasteiger partial charge in [0.25, 0.3) is 15.9 Å². The molecule has 2 aromatic carbocycles. The number of nitriles is 1. The Bertz CT molecular complexity index is 1410. The maximum absolute atomic E-state index is 13.8. The van der Waals surface area contributed by atoms with Crippen molar-refractivity contribution in [2.24, 2.45) is 5.41 Å². The number of benzene rings is 2. The van der Waals surface area contributed by atoms with Gasteiger partial charge in [-0.15, -0.1) is 0 Å². The van der Waals surface area contributed by atoms with Crippen LogP contribution >= 0.6 is 0 Å². The van der Waals surface area contributed by atoms with Crippen molar-refractivity contribution in [1.29, 1.82) is 5.26 Å². The fourth-order valence-electron chi connectivity index (χ4n) is 3.92. The molecule has 0 saturated carbocycles. The summed E-state index contributed by atoms with van der Waals surface area (Å²) in [5.74, 6) is -0.825. The molecule has 2 aliphatic rings. The first kappa shape index (κ1) is 26.9. The zero-order valence-corrected chi connectivity index (χ0v) is 22.0. The minimum absolute atomic E-state index is 0.0846. The summed E-state index contributed by atoms with van der Waals surface area (Å²) in [4.78, 5) is 37.2. The molecule has 0 aliphatic carbocycles. The lowest BCUT2D eigenvalue weighted by Gasteiger charge is -2.36. The Morgan fingerprint density at radius 3 is 2.61 bits per heavy atom. The lowest BCUT2D eigenvalue weighted by molar-refractivity contribution is -0.145. The minimum Gasteiger partial charge on any atom is -0.484 e. The van der Waals surface area contributed by atoms with Gasteiger partial charge in [0.1, 0.15) is 11.9 Å². The molecule has 0 radical (unpaired) electrons. The Morgan fingerprint density at radius 1 is 1.18 bits per heavy atom. The summed E-state index contributed by atoms with van der Waals surface area (Å²) in [6, 6.07) is 12.2. The molecule has 0 bridgehead atoms. The van der Waals surface area contributed by atoms with Crippen LogP contribution in [0.2, 0.25) is 0 Å². The monoisotopic (exact) mass is 541 g/mol. The number of nitrogens with zero attached hydrogens (tertiary/aromatic N) is 3. The van der Waals surface area contributed by atoms with Gasteiger partial charge in [-0.1, -0.05) is 32.9 Å². The Labute approximate surface area is 220 Å². The summed E-state index contributed by atoms with van der Waals surface area (Å²) in [7, 11) is -4.21. The predicted octanol–water partition coefficient (Wildman–Crippen LogP) is 2.63. The summed E-state index contributed by atoms with van der Waals surface area (Å²) < 4.78 is 44.7. The van der Waals surface area contributed by atoms with Crippen molar-refractivity contribution in [2.45, 2.75) is 38.2 Å². The number of fused-ring (bicyclic) bond motifs is 1.